The van der Waals surface area contributed by atoms with Crippen molar-refractivity contribution in [3.05, 3.63) is 35.7 Å². The van der Waals surface area contributed by atoms with Gasteiger partial charge in [-0.3, -0.25) is 10.1 Å². The zero-order valence-electron chi connectivity index (χ0n) is 14.0. The highest BCUT2D eigenvalue weighted by molar-refractivity contribution is 5.92. The SMILES string of the molecule is Cc1onc(CC(=O)O)c1-c1ccccc1NC(=O)OC(C)(C)C. The number of ether oxygens (including phenoxy) is 1. The van der Waals surface area contributed by atoms with Crippen molar-refractivity contribution in [2.75, 3.05) is 5.32 Å². The van der Waals surface area contributed by atoms with Crippen LogP contribution in [0.25, 0.3) is 11.1 Å². The van der Waals surface area contributed by atoms with E-state index in [1.165, 1.54) is 0 Å². The quantitative estimate of drug-likeness (QED) is 0.886. The number of rotatable bonds is 4. The summed E-state index contributed by atoms with van der Waals surface area (Å²) in [6.45, 7) is 7.01. The predicted molar refractivity (Wildman–Crippen MR) is 87.9 cm³/mol. The van der Waals surface area contributed by atoms with Gasteiger partial charge in [0.25, 0.3) is 0 Å². The highest BCUT2D eigenvalue weighted by Crippen LogP contribution is 2.33. The molecule has 1 aromatic heterocycles. The standard InChI is InChI=1S/C17H20N2O5/c1-10-15(13(19-24-10)9-14(20)21)11-7-5-6-8-12(11)18-16(22)23-17(2,3)4/h5-8H,9H2,1-4H3,(H,18,22)(H,20,21). The Morgan fingerprint density at radius 3 is 2.58 bits per heavy atom. The van der Waals surface area contributed by atoms with E-state index in [2.05, 4.69) is 10.5 Å². The first-order chi connectivity index (χ1) is 11.2. The molecule has 0 bridgehead atoms. The van der Waals surface area contributed by atoms with Gasteiger partial charge in [0.05, 0.1) is 17.7 Å². The summed E-state index contributed by atoms with van der Waals surface area (Å²) < 4.78 is 10.4. The topological polar surface area (TPSA) is 102 Å². The number of para-hydroxylation sites is 1. The van der Waals surface area contributed by atoms with E-state index in [4.69, 9.17) is 14.4 Å². The van der Waals surface area contributed by atoms with Crippen LogP contribution >= 0.6 is 0 Å². The Morgan fingerprint density at radius 2 is 1.96 bits per heavy atom. The second-order valence-electron chi connectivity index (χ2n) is 6.30. The van der Waals surface area contributed by atoms with Gasteiger partial charge in [0.2, 0.25) is 0 Å². The van der Waals surface area contributed by atoms with Crippen molar-refractivity contribution in [3.8, 4) is 11.1 Å². The Labute approximate surface area is 139 Å². The third kappa shape index (κ3) is 4.34. The van der Waals surface area contributed by atoms with Gasteiger partial charge in [0.1, 0.15) is 17.1 Å². The summed E-state index contributed by atoms with van der Waals surface area (Å²) in [7, 11) is 0. The molecule has 0 radical (unpaired) electrons. The lowest BCUT2D eigenvalue weighted by Crippen LogP contribution is -2.27. The number of carboxylic acids is 1. The first-order valence-electron chi connectivity index (χ1n) is 7.43. The molecule has 128 valence electrons. The average Bonchev–Trinajstić information content (AvgIpc) is 2.77. The number of aromatic nitrogens is 1. The summed E-state index contributed by atoms with van der Waals surface area (Å²) >= 11 is 0. The number of anilines is 1. The van der Waals surface area contributed by atoms with Crippen molar-refractivity contribution >= 4 is 17.7 Å². The molecule has 0 saturated heterocycles. The second-order valence-corrected chi connectivity index (χ2v) is 6.30. The zero-order valence-corrected chi connectivity index (χ0v) is 14.0. The van der Waals surface area contributed by atoms with Crippen LogP contribution in [0.3, 0.4) is 0 Å². The molecule has 2 N–H and O–H groups in total. The monoisotopic (exact) mass is 332 g/mol. The van der Waals surface area contributed by atoms with Gasteiger partial charge in [-0.25, -0.2) is 4.79 Å². The molecule has 1 heterocycles. The smallest absolute Gasteiger partial charge is 0.412 e. The minimum atomic E-state index is -1.01. The van der Waals surface area contributed by atoms with Crippen LogP contribution in [-0.4, -0.2) is 27.9 Å². The Balaban J connectivity index is 2.38. The number of carbonyl (C=O) groups excluding carboxylic acids is 1. The van der Waals surface area contributed by atoms with Crippen molar-refractivity contribution in [2.24, 2.45) is 0 Å². The maximum absolute atomic E-state index is 12.0. The number of amides is 1. The van der Waals surface area contributed by atoms with E-state index in [1.807, 2.05) is 0 Å². The number of nitrogens with zero attached hydrogens (tertiary/aromatic N) is 1. The molecular weight excluding hydrogens is 312 g/mol. The molecular formula is C17H20N2O5. The molecule has 24 heavy (non-hydrogen) atoms. The first kappa shape index (κ1) is 17.5. The molecule has 2 aromatic rings. The Hall–Kier alpha value is -2.83. The Morgan fingerprint density at radius 1 is 1.29 bits per heavy atom. The van der Waals surface area contributed by atoms with E-state index in [0.717, 1.165) is 0 Å². The van der Waals surface area contributed by atoms with Crippen molar-refractivity contribution < 1.29 is 24.0 Å². The van der Waals surface area contributed by atoms with Crippen LogP contribution in [0.5, 0.6) is 0 Å². The van der Waals surface area contributed by atoms with E-state index in [0.29, 0.717) is 28.3 Å². The molecule has 0 unspecified atom stereocenters. The number of hydrogen-bond donors (Lipinski definition) is 2. The lowest BCUT2D eigenvalue weighted by atomic mass is 10.0. The molecule has 1 amide bonds. The summed E-state index contributed by atoms with van der Waals surface area (Å²) in [5.74, 6) is -0.535. The summed E-state index contributed by atoms with van der Waals surface area (Å²) in [5.41, 5.74) is 1.35. The van der Waals surface area contributed by atoms with E-state index >= 15 is 0 Å². The number of hydrogen-bond acceptors (Lipinski definition) is 5. The van der Waals surface area contributed by atoms with Crippen molar-refractivity contribution in [2.45, 2.75) is 39.7 Å². The minimum Gasteiger partial charge on any atom is -0.481 e. The third-order valence-corrected chi connectivity index (χ3v) is 3.08. The fourth-order valence-electron chi connectivity index (χ4n) is 2.25. The van der Waals surface area contributed by atoms with Gasteiger partial charge in [-0.1, -0.05) is 23.4 Å². The number of aliphatic carboxylic acids is 1. The van der Waals surface area contributed by atoms with Crippen LogP contribution in [0.2, 0.25) is 0 Å². The first-order valence-corrected chi connectivity index (χ1v) is 7.43. The Kier molecular flexibility index (Phi) is 4.92. The largest absolute Gasteiger partial charge is 0.481 e. The molecule has 7 nitrogen and oxygen atoms in total. The molecule has 2 rings (SSSR count). The lowest BCUT2D eigenvalue weighted by Gasteiger charge is -2.20. The molecule has 1 aromatic carbocycles. The van der Waals surface area contributed by atoms with Gasteiger partial charge in [-0.15, -0.1) is 0 Å². The lowest BCUT2D eigenvalue weighted by molar-refractivity contribution is -0.136. The molecule has 0 spiro atoms. The number of carbonyl (C=O) groups is 2. The van der Waals surface area contributed by atoms with E-state index in [9.17, 15) is 9.59 Å². The fraction of sp³-hybridized carbons (Fsp3) is 0.353. The summed E-state index contributed by atoms with van der Waals surface area (Å²) in [6.07, 6.45) is -0.864. The zero-order chi connectivity index (χ0) is 17.9. The summed E-state index contributed by atoms with van der Waals surface area (Å²) in [6, 6.07) is 7.01. The van der Waals surface area contributed by atoms with Crippen LogP contribution in [0.15, 0.2) is 28.8 Å². The van der Waals surface area contributed by atoms with Crippen LogP contribution in [0, 0.1) is 6.92 Å². The molecule has 7 heteroatoms. The second kappa shape index (κ2) is 6.74. The van der Waals surface area contributed by atoms with Crippen molar-refractivity contribution in [1.29, 1.82) is 0 Å². The molecule has 0 atom stereocenters. The van der Waals surface area contributed by atoms with Crippen LogP contribution in [-0.2, 0) is 16.0 Å². The van der Waals surface area contributed by atoms with Gasteiger partial charge in [0, 0.05) is 5.56 Å². The number of nitrogens with one attached hydrogen (secondary N) is 1. The Bertz CT molecular complexity index is 759. The maximum Gasteiger partial charge on any atom is 0.412 e. The highest BCUT2D eigenvalue weighted by Gasteiger charge is 2.22. The molecule has 0 fully saturated rings. The molecule has 0 aliphatic carbocycles. The number of aryl methyl sites for hydroxylation is 1. The van der Waals surface area contributed by atoms with Crippen LogP contribution < -0.4 is 5.32 Å². The normalized spacial score (nSPS) is 11.2. The van der Waals surface area contributed by atoms with Gasteiger partial charge >= 0.3 is 12.1 Å². The van der Waals surface area contributed by atoms with Crippen LogP contribution in [0.4, 0.5) is 10.5 Å². The highest BCUT2D eigenvalue weighted by atomic mass is 16.6. The molecule has 0 saturated carbocycles. The maximum atomic E-state index is 12.0. The number of benzene rings is 1. The minimum absolute atomic E-state index is 0.270. The van der Waals surface area contributed by atoms with E-state index in [-0.39, 0.29) is 6.42 Å². The van der Waals surface area contributed by atoms with Gasteiger partial charge in [-0.05, 0) is 33.8 Å². The predicted octanol–water partition coefficient (Wildman–Crippen LogP) is 3.62. The molecule has 0 aliphatic heterocycles. The van der Waals surface area contributed by atoms with Gasteiger partial charge < -0.3 is 14.4 Å². The van der Waals surface area contributed by atoms with Gasteiger partial charge in [0.15, 0.2) is 0 Å². The van der Waals surface area contributed by atoms with E-state index in [1.54, 1.807) is 52.0 Å². The van der Waals surface area contributed by atoms with Crippen LogP contribution in [0.1, 0.15) is 32.2 Å². The van der Waals surface area contributed by atoms with E-state index < -0.39 is 17.7 Å². The average molecular weight is 332 g/mol. The fourth-order valence-corrected chi connectivity index (χ4v) is 2.25. The van der Waals surface area contributed by atoms with Crippen molar-refractivity contribution in [1.82, 2.24) is 5.16 Å². The molecule has 0 aliphatic rings. The third-order valence-electron chi connectivity index (χ3n) is 3.08. The van der Waals surface area contributed by atoms with Gasteiger partial charge in [-0.2, -0.15) is 0 Å². The number of carboxylic acid groups (broad SMARTS) is 1. The summed E-state index contributed by atoms with van der Waals surface area (Å²) in [5, 5.41) is 15.5. The summed E-state index contributed by atoms with van der Waals surface area (Å²) in [4.78, 5) is 23.0. The van der Waals surface area contributed by atoms with Crippen molar-refractivity contribution in [3.63, 3.8) is 0 Å².